The number of nitrogens with zero attached hydrogens (tertiary/aromatic N) is 3. The Labute approximate surface area is 191 Å². The van der Waals surface area contributed by atoms with Crippen LogP contribution in [0, 0.1) is 6.92 Å². The van der Waals surface area contributed by atoms with Gasteiger partial charge in [-0.25, -0.2) is 9.97 Å². The first-order valence-corrected chi connectivity index (χ1v) is 11.3. The Morgan fingerprint density at radius 2 is 1.68 bits per heavy atom. The first-order chi connectivity index (χ1) is 15.0. The van der Waals surface area contributed by atoms with Gasteiger partial charge in [0.05, 0.1) is 32.0 Å². The van der Waals surface area contributed by atoms with Crippen LogP contribution in [0.3, 0.4) is 0 Å². The van der Waals surface area contributed by atoms with E-state index in [0.29, 0.717) is 24.0 Å². The third kappa shape index (κ3) is 4.67. The number of halogens is 1. The zero-order valence-corrected chi connectivity index (χ0v) is 20.1. The molecule has 6 nitrogen and oxygen atoms in total. The standard InChI is InChI=1S/C20H18ClN3O3S.C3H8/c1-5-27-18-17-16(23-20(21)24-18)15-10(2)8-12(22-19(15)28-17)11-6-7-13(25-3)14(9-11)26-4;1-3-2/h6-9H,5H2,1-4H3;3H2,1-2H3. The van der Waals surface area contributed by atoms with Crippen LogP contribution < -0.4 is 14.2 Å². The predicted octanol–water partition coefficient (Wildman–Crippen LogP) is 6.70. The molecule has 3 heterocycles. The molecule has 3 aromatic heterocycles. The lowest BCUT2D eigenvalue weighted by Crippen LogP contribution is -1.96. The maximum absolute atomic E-state index is 6.11. The van der Waals surface area contributed by atoms with E-state index in [1.165, 1.54) is 17.8 Å². The molecule has 0 N–H and O–H groups in total. The predicted molar refractivity (Wildman–Crippen MR) is 128 cm³/mol. The molecule has 8 heteroatoms. The van der Waals surface area contributed by atoms with E-state index in [0.717, 1.165) is 37.3 Å². The quantitative estimate of drug-likeness (QED) is 0.309. The number of fused-ring (bicyclic) bond motifs is 3. The van der Waals surface area contributed by atoms with Crippen LogP contribution in [0.4, 0.5) is 0 Å². The van der Waals surface area contributed by atoms with Crippen molar-refractivity contribution in [3.05, 3.63) is 35.1 Å². The number of hydrogen-bond acceptors (Lipinski definition) is 7. The van der Waals surface area contributed by atoms with Crippen LogP contribution in [0.2, 0.25) is 5.28 Å². The minimum atomic E-state index is 0.166. The van der Waals surface area contributed by atoms with E-state index < -0.39 is 0 Å². The van der Waals surface area contributed by atoms with E-state index in [2.05, 4.69) is 23.8 Å². The molecule has 0 aliphatic heterocycles. The van der Waals surface area contributed by atoms with Gasteiger partial charge < -0.3 is 14.2 Å². The highest BCUT2D eigenvalue weighted by atomic mass is 35.5. The molecule has 31 heavy (non-hydrogen) atoms. The number of aromatic nitrogens is 3. The Kier molecular flexibility index (Phi) is 7.51. The summed E-state index contributed by atoms with van der Waals surface area (Å²) in [6.45, 7) is 8.70. The van der Waals surface area contributed by atoms with Crippen LogP contribution in [-0.4, -0.2) is 35.8 Å². The van der Waals surface area contributed by atoms with Crippen molar-refractivity contribution < 1.29 is 14.2 Å². The van der Waals surface area contributed by atoms with Gasteiger partial charge in [0.15, 0.2) is 11.5 Å². The van der Waals surface area contributed by atoms with Gasteiger partial charge in [0.1, 0.15) is 9.53 Å². The fraction of sp³-hybridized carbons (Fsp3) is 0.348. The highest BCUT2D eigenvalue weighted by Crippen LogP contribution is 2.40. The van der Waals surface area contributed by atoms with Gasteiger partial charge in [0, 0.05) is 10.9 Å². The number of aryl methyl sites for hydroxylation is 1. The fourth-order valence-corrected chi connectivity index (χ4v) is 4.44. The molecule has 0 fully saturated rings. The van der Waals surface area contributed by atoms with Crippen molar-refractivity contribution >= 4 is 43.4 Å². The molecule has 1 aromatic carbocycles. The van der Waals surface area contributed by atoms with Gasteiger partial charge in [-0.05, 0) is 55.3 Å². The number of rotatable bonds is 5. The average Bonchev–Trinajstić information content (AvgIpc) is 3.13. The maximum Gasteiger partial charge on any atom is 0.236 e. The molecule has 0 saturated heterocycles. The van der Waals surface area contributed by atoms with Crippen LogP contribution in [-0.2, 0) is 0 Å². The molecule has 0 radical (unpaired) electrons. The molecule has 0 bridgehead atoms. The molecule has 0 aliphatic carbocycles. The van der Waals surface area contributed by atoms with Crippen molar-refractivity contribution in [2.75, 3.05) is 20.8 Å². The average molecular weight is 460 g/mol. The Morgan fingerprint density at radius 1 is 0.968 bits per heavy atom. The first kappa shape index (κ1) is 23.0. The smallest absolute Gasteiger partial charge is 0.236 e. The van der Waals surface area contributed by atoms with Gasteiger partial charge in [-0.15, -0.1) is 11.3 Å². The maximum atomic E-state index is 6.11. The summed E-state index contributed by atoms with van der Waals surface area (Å²) in [4.78, 5) is 14.4. The lowest BCUT2D eigenvalue weighted by atomic mass is 10.1. The number of pyridine rings is 1. The fourth-order valence-electron chi connectivity index (χ4n) is 3.15. The third-order valence-corrected chi connectivity index (χ3v) is 5.62. The van der Waals surface area contributed by atoms with Gasteiger partial charge in [-0.2, -0.15) is 4.98 Å². The van der Waals surface area contributed by atoms with E-state index in [9.17, 15) is 0 Å². The summed E-state index contributed by atoms with van der Waals surface area (Å²) >= 11 is 7.62. The highest BCUT2D eigenvalue weighted by Gasteiger charge is 2.18. The summed E-state index contributed by atoms with van der Waals surface area (Å²) in [6, 6.07) is 7.79. The zero-order valence-electron chi connectivity index (χ0n) is 18.6. The summed E-state index contributed by atoms with van der Waals surface area (Å²) in [6.07, 6.45) is 1.25. The summed E-state index contributed by atoms with van der Waals surface area (Å²) < 4.78 is 17.2. The molecule has 164 valence electrons. The number of thiophene rings is 1. The SMILES string of the molecule is CCC.CCOc1nc(Cl)nc2c1sc1nc(-c3ccc(OC)c(OC)c3)cc(C)c12. The number of ether oxygens (including phenoxy) is 3. The monoisotopic (exact) mass is 459 g/mol. The van der Waals surface area contributed by atoms with Gasteiger partial charge in [0.2, 0.25) is 11.2 Å². The summed E-state index contributed by atoms with van der Waals surface area (Å²) in [5.74, 6) is 1.83. The zero-order chi connectivity index (χ0) is 22.5. The summed E-state index contributed by atoms with van der Waals surface area (Å²) in [5, 5.41) is 1.13. The van der Waals surface area contributed by atoms with Crippen LogP contribution in [0.15, 0.2) is 24.3 Å². The largest absolute Gasteiger partial charge is 0.493 e. The molecule has 0 aliphatic rings. The Morgan fingerprint density at radius 3 is 2.32 bits per heavy atom. The van der Waals surface area contributed by atoms with Crippen LogP contribution in [0.5, 0.6) is 17.4 Å². The third-order valence-electron chi connectivity index (χ3n) is 4.39. The van der Waals surface area contributed by atoms with Crippen LogP contribution >= 0.6 is 22.9 Å². The lowest BCUT2D eigenvalue weighted by Gasteiger charge is -2.10. The first-order valence-electron chi connectivity index (χ1n) is 10.1. The minimum absolute atomic E-state index is 0.166. The normalized spacial score (nSPS) is 10.7. The lowest BCUT2D eigenvalue weighted by molar-refractivity contribution is 0.331. The van der Waals surface area contributed by atoms with E-state index >= 15 is 0 Å². The van der Waals surface area contributed by atoms with Crippen molar-refractivity contribution in [1.82, 2.24) is 15.0 Å². The molecular formula is C23H26ClN3O3S. The molecular weight excluding hydrogens is 434 g/mol. The second-order valence-electron chi connectivity index (χ2n) is 6.79. The second kappa shape index (κ2) is 10.1. The number of methoxy groups -OCH3 is 2. The van der Waals surface area contributed by atoms with Crippen LogP contribution in [0.25, 0.3) is 31.7 Å². The van der Waals surface area contributed by atoms with Crippen LogP contribution in [0.1, 0.15) is 32.8 Å². The van der Waals surface area contributed by atoms with Crippen molar-refractivity contribution in [3.8, 4) is 28.6 Å². The Bertz CT molecular complexity index is 1210. The molecule has 0 atom stereocenters. The van der Waals surface area contributed by atoms with Crippen molar-refractivity contribution in [2.24, 2.45) is 0 Å². The van der Waals surface area contributed by atoms with E-state index in [4.69, 9.17) is 30.8 Å². The topological polar surface area (TPSA) is 66.4 Å². The molecule has 4 rings (SSSR count). The molecule has 0 amide bonds. The van der Waals surface area contributed by atoms with Crippen molar-refractivity contribution in [2.45, 2.75) is 34.1 Å². The summed E-state index contributed by atoms with van der Waals surface area (Å²) in [7, 11) is 3.23. The van der Waals surface area contributed by atoms with E-state index in [1.807, 2.05) is 38.1 Å². The van der Waals surface area contributed by atoms with Gasteiger partial charge in [0.25, 0.3) is 0 Å². The van der Waals surface area contributed by atoms with Gasteiger partial charge >= 0.3 is 0 Å². The minimum Gasteiger partial charge on any atom is -0.493 e. The van der Waals surface area contributed by atoms with Gasteiger partial charge in [-0.3, -0.25) is 0 Å². The Hall–Kier alpha value is -2.64. The molecule has 4 aromatic rings. The summed E-state index contributed by atoms with van der Waals surface area (Å²) in [5.41, 5.74) is 3.61. The molecule has 0 spiro atoms. The highest BCUT2D eigenvalue weighted by molar-refractivity contribution is 7.25. The number of hydrogen-bond donors (Lipinski definition) is 0. The van der Waals surface area contributed by atoms with Crippen molar-refractivity contribution in [1.29, 1.82) is 0 Å². The Balaban J connectivity index is 0.000000858. The molecule has 0 saturated carbocycles. The van der Waals surface area contributed by atoms with Crippen molar-refractivity contribution in [3.63, 3.8) is 0 Å². The second-order valence-corrected chi connectivity index (χ2v) is 8.13. The van der Waals surface area contributed by atoms with E-state index in [-0.39, 0.29) is 5.28 Å². The molecule has 0 unspecified atom stereocenters. The van der Waals surface area contributed by atoms with E-state index in [1.54, 1.807) is 14.2 Å². The van der Waals surface area contributed by atoms with Gasteiger partial charge in [-0.1, -0.05) is 20.3 Å². The number of benzene rings is 1.